The number of fused-ring (bicyclic) bond motifs is 6. The lowest BCUT2D eigenvalue weighted by molar-refractivity contribution is -0.145. The molecule has 1 unspecified atom stereocenters. The standard InChI is InChI=1S/C61H73N7O12S/c1-38-55(81-37-64-38)39-10-14-44(15-11-39)65-57(72)51-34-47(70)36-67(51)58(73)49(61(2,3)4)33-46(69)19-22-76-24-26-78-28-30-80-31-29-79-27-25-77-23-21-62-35-43-18-20-63-54-48(43)6-5-7-50(54)66-56(71)40-12-16-45(17-13-40)68-59(74)52-41-8-9-42(32-41)53(52)60(68)75/h5-18,20,37,41-42,47,49,51-53,62,70H,19,21-36H2,1-4H3,(H,65,72)(H,66,71)/t41-,42?,47+,49+,51-,52-,53+/m0/s1. The Labute approximate surface area is 476 Å². The molecule has 2 aliphatic carbocycles. The van der Waals surface area contributed by atoms with E-state index in [0.29, 0.717) is 101 Å². The predicted octanol–water partition coefficient (Wildman–Crippen LogP) is 7.02. The molecule has 4 aliphatic rings. The van der Waals surface area contributed by atoms with E-state index in [9.17, 15) is 33.9 Å². The van der Waals surface area contributed by atoms with Crippen LogP contribution in [0.4, 0.5) is 17.1 Å². The number of aliphatic hydroxyl groups excluding tert-OH is 1. The molecule has 7 atom stereocenters. The number of Topliss-reactive ketones (excluding diaryl/α,β-unsaturated/α-hetero) is 1. The number of anilines is 3. The summed E-state index contributed by atoms with van der Waals surface area (Å²) in [4.78, 5) is 93.3. The molecule has 1 saturated carbocycles. The van der Waals surface area contributed by atoms with Crippen LogP contribution in [0.3, 0.4) is 0 Å². The summed E-state index contributed by atoms with van der Waals surface area (Å²) in [6.45, 7) is 12.5. The van der Waals surface area contributed by atoms with Crippen molar-refractivity contribution in [3.8, 4) is 10.4 Å². The summed E-state index contributed by atoms with van der Waals surface area (Å²) < 4.78 is 28.2. The van der Waals surface area contributed by atoms with Crippen molar-refractivity contribution in [2.45, 2.75) is 72.1 Å². The lowest BCUT2D eigenvalue weighted by Crippen LogP contribution is -2.48. The minimum atomic E-state index is -0.873. The molecule has 5 aromatic rings. The van der Waals surface area contributed by atoms with Crippen LogP contribution >= 0.6 is 11.3 Å². The summed E-state index contributed by atoms with van der Waals surface area (Å²) >= 11 is 1.54. The van der Waals surface area contributed by atoms with Crippen LogP contribution in [0, 0.1) is 41.9 Å². The van der Waals surface area contributed by atoms with E-state index in [1.54, 1.807) is 47.3 Å². The van der Waals surface area contributed by atoms with Crippen molar-refractivity contribution in [3.63, 3.8) is 0 Å². The molecule has 2 aromatic heterocycles. The molecule has 2 aliphatic heterocycles. The SMILES string of the molecule is Cc1ncsc1-c1ccc(NC(=O)[C@@H]2C[C@@H](O)CN2C(=O)[C@@H](CC(=O)CCOCCOCCOCCOCCOCCNCc2ccnc3c(NC(=O)c4ccc(N5C(=O)[C@@H]6[C@H](C5=O)C5C=C[C@H]6C5)cc4)cccc23)C(C)(C)C)cc1. The van der Waals surface area contributed by atoms with Crippen molar-refractivity contribution in [3.05, 3.63) is 113 Å². The van der Waals surface area contributed by atoms with Crippen LogP contribution in [0.1, 0.15) is 68.1 Å². The van der Waals surface area contributed by atoms with E-state index < -0.39 is 23.5 Å². The zero-order chi connectivity index (χ0) is 57.0. The van der Waals surface area contributed by atoms with Gasteiger partial charge in [0.2, 0.25) is 23.6 Å². The van der Waals surface area contributed by atoms with Crippen molar-refractivity contribution in [1.29, 1.82) is 0 Å². The predicted molar refractivity (Wildman–Crippen MR) is 306 cm³/mol. The lowest BCUT2D eigenvalue weighted by Gasteiger charge is -2.34. The van der Waals surface area contributed by atoms with Gasteiger partial charge in [-0.15, -0.1) is 11.3 Å². The number of rotatable bonds is 29. The molecule has 2 saturated heterocycles. The monoisotopic (exact) mass is 1130 g/mol. The number of nitrogens with zero attached hydrogens (tertiary/aromatic N) is 4. The van der Waals surface area contributed by atoms with Gasteiger partial charge < -0.3 is 49.6 Å². The molecule has 4 heterocycles. The van der Waals surface area contributed by atoms with Gasteiger partial charge in [-0.2, -0.15) is 0 Å². The van der Waals surface area contributed by atoms with Crippen molar-refractivity contribution in [2.75, 3.05) is 94.7 Å². The van der Waals surface area contributed by atoms with Gasteiger partial charge >= 0.3 is 0 Å². The van der Waals surface area contributed by atoms with Crippen LogP contribution in [0.25, 0.3) is 21.3 Å². The lowest BCUT2D eigenvalue weighted by atomic mass is 9.76. The average Bonchev–Trinajstić information content (AvgIpc) is 4.48. The molecule has 9 rings (SSSR count). The minimum Gasteiger partial charge on any atom is -0.391 e. The first-order chi connectivity index (χ1) is 39.2. The second-order valence-electron chi connectivity index (χ2n) is 22.1. The van der Waals surface area contributed by atoms with E-state index in [-0.39, 0.29) is 91.4 Å². The number of thiazole rings is 1. The number of hydrogen-bond donors (Lipinski definition) is 4. The Kier molecular flexibility index (Phi) is 20.0. The summed E-state index contributed by atoms with van der Waals surface area (Å²) in [5, 5.41) is 20.8. The van der Waals surface area contributed by atoms with Crippen molar-refractivity contribution in [1.82, 2.24) is 20.2 Å². The van der Waals surface area contributed by atoms with E-state index in [4.69, 9.17) is 23.7 Å². The van der Waals surface area contributed by atoms with Gasteiger partial charge in [0.15, 0.2) is 0 Å². The summed E-state index contributed by atoms with van der Waals surface area (Å²) in [5.41, 5.74) is 6.83. The van der Waals surface area contributed by atoms with Crippen LogP contribution in [0.2, 0.25) is 0 Å². The van der Waals surface area contributed by atoms with Crippen LogP contribution in [-0.2, 0) is 54.2 Å². The van der Waals surface area contributed by atoms with Gasteiger partial charge in [0.1, 0.15) is 11.8 Å². The number of imide groups is 1. The van der Waals surface area contributed by atoms with Crippen LogP contribution in [0.15, 0.2) is 96.7 Å². The van der Waals surface area contributed by atoms with Crippen molar-refractivity contribution >= 4 is 74.6 Å². The van der Waals surface area contributed by atoms with Gasteiger partial charge in [0.25, 0.3) is 5.91 Å². The molecule has 19 nitrogen and oxygen atoms in total. The van der Waals surface area contributed by atoms with Gasteiger partial charge in [-0.3, -0.25) is 38.7 Å². The van der Waals surface area contributed by atoms with E-state index in [2.05, 4.69) is 38.1 Å². The fraction of sp³-hybridized carbons (Fsp3) is 0.475. The van der Waals surface area contributed by atoms with Crippen LogP contribution in [0.5, 0.6) is 0 Å². The van der Waals surface area contributed by atoms with Gasteiger partial charge in [-0.05, 0) is 90.3 Å². The third-order valence-electron chi connectivity index (χ3n) is 15.5. The maximum Gasteiger partial charge on any atom is 0.255 e. The number of likely N-dealkylation sites (tertiary alicyclic amines) is 1. The Bertz CT molecular complexity index is 3020. The molecule has 4 N–H and O–H groups in total. The number of amides is 5. The first-order valence-electron chi connectivity index (χ1n) is 27.9. The molecular weight excluding hydrogens is 1050 g/mol. The molecular formula is C61H73N7O12S. The molecule has 81 heavy (non-hydrogen) atoms. The highest BCUT2D eigenvalue weighted by molar-refractivity contribution is 7.13. The quantitative estimate of drug-likeness (QED) is 0.0214. The van der Waals surface area contributed by atoms with Crippen LogP contribution in [-0.4, -0.2) is 147 Å². The van der Waals surface area contributed by atoms with Gasteiger partial charge in [0, 0.05) is 67.6 Å². The molecule has 5 amide bonds. The number of aryl methyl sites for hydroxylation is 1. The largest absolute Gasteiger partial charge is 0.391 e. The van der Waals surface area contributed by atoms with Crippen LogP contribution < -0.4 is 20.9 Å². The third kappa shape index (κ3) is 14.5. The second kappa shape index (κ2) is 27.4. The molecule has 20 heteroatoms. The van der Waals surface area contributed by atoms with E-state index in [0.717, 1.165) is 33.5 Å². The van der Waals surface area contributed by atoms with E-state index >= 15 is 0 Å². The molecule has 2 bridgehead atoms. The number of carbonyl (C=O) groups is 6. The Hall–Kier alpha value is -6.62. The number of ketones is 1. The zero-order valence-corrected chi connectivity index (χ0v) is 47.3. The highest BCUT2D eigenvalue weighted by Crippen LogP contribution is 2.53. The van der Waals surface area contributed by atoms with Gasteiger partial charge in [-0.1, -0.05) is 57.2 Å². The van der Waals surface area contributed by atoms with E-state index in [1.807, 2.05) is 76.2 Å². The van der Waals surface area contributed by atoms with Crippen molar-refractivity contribution < 1.29 is 57.6 Å². The normalized spacial score (nSPS) is 20.6. The molecule has 430 valence electrons. The number of nitrogens with one attached hydrogen (secondary N) is 3. The molecule has 0 spiro atoms. The summed E-state index contributed by atoms with van der Waals surface area (Å²) in [5.74, 6) is -2.48. The maximum absolute atomic E-state index is 14.0. The van der Waals surface area contributed by atoms with Crippen molar-refractivity contribution in [2.24, 2.45) is 35.0 Å². The number of aromatic nitrogens is 2. The first-order valence-corrected chi connectivity index (χ1v) is 28.8. The number of benzene rings is 3. The topological polar surface area (TPSA) is 237 Å². The van der Waals surface area contributed by atoms with Gasteiger partial charge in [-0.25, -0.2) is 4.98 Å². The Morgan fingerprint density at radius 3 is 2.00 bits per heavy atom. The number of para-hydroxylation sites is 1. The third-order valence-corrected chi connectivity index (χ3v) is 16.5. The Balaban J connectivity index is 0.580. The Morgan fingerprint density at radius 2 is 1.38 bits per heavy atom. The molecule has 3 fully saturated rings. The second-order valence-corrected chi connectivity index (χ2v) is 22.9. The molecule has 0 radical (unpaired) electrons. The first kappa shape index (κ1) is 59.0. The number of hydrogen-bond acceptors (Lipinski definition) is 16. The number of β-amino-alcohol motifs (C(OH)–C–C–N with tert-alkyl or cyclic N) is 1. The van der Waals surface area contributed by atoms with E-state index in [1.165, 1.54) is 9.80 Å². The zero-order valence-electron chi connectivity index (χ0n) is 46.4. The minimum absolute atomic E-state index is 0.00879. The highest BCUT2D eigenvalue weighted by Gasteiger charge is 2.59. The number of ether oxygens (including phenoxy) is 5. The average molecular weight is 1130 g/mol. The summed E-state index contributed by atoms with van der Waals surface area (Å²) in [6.07, 6.45) is 6.10. The van der Waals surface area contributed by atoms with Gasteiger partial charge in [0.05, 0.1) is 117 Å². The summed E-state index contributed by atoms with van der Waals surface area (Å²) in [7, 11) is 0. The Morgan fingerprint density at radius 1 is 0.753 bits per heavy atom. The number of aliphatic hydroxyl groups is 1. The number of allylic oxidation sites excluding steroid dienone is 2. The fourth-order valence-electron chi connectivity index (χ4n) is 11.2. The maximum atomic E-state index is 14.0. The smallest absolute Gasteiger partial charge is 0.255 e. The highest BCUT2D eigenvalue weighted by atomic mass is 32.1. The summed E-state index contributed by atoms with van der Waals surface area (Å²) in [6, 6.07) is 20.7. The molecule has 3 aromatic carbocycles. The number of pyridine rings is 1. The number of carbonyl (C=O) groups excluding carboxylic acids is 6. The fourth-order valence-corrected chi connectivity index (χ4v) is 12.1.